The second kappa shape index (κ2) is 5.97. The van der Waals surface area contributed by atoms with Gasteiger partial charge in [0.25, 0.3) is 5.91 Å². The lowest BCUT2D eigenvalue weighted by atomic mass is 10.2. The van der Waals surface area contributed by atoms with Gasteiger partial charge in [0, 0.05) is 11.6 Å². The van der Waals surface area contributed by atoms with Crippen molar-refractivity contribution in [2.75, 3.05) is 19.5 Å². The summed E-state index contributed by atoms with van der Waals surface area (Å²) in [7, 11) is 3.06. The summed E-state index contributed by atoms with van der Waals surface area (Å²) in [6.07, 6.45) is 0. The average molecular weight is 273 g/mol. The number of anilines is 1. The van der Waals surface area contributed by atoms with Crippen LogP contribution in [0.3, 0.4) is 0 Å². The smallest absolute Gasteiger partial charge is 0.255 e. The molecule has 0 aromatic heterocycles. The number of amides is 1. The predicted octanol–water partition coefficient (Wildman–Crippen LogP) is 2.66. The van der Waals surface area contributed by atoms with Gasteiger partial charge in [-0.15, -0.1) is 0 Å². The highest BCUT2D eigenvalue weighted by Gasteiger charge is 2.11. The Labute approximate surface area is 116 Å². The quantitative estimate of drug-likeness (QED) is 0.898. The first kappa shape index (κ1) is 13.7. The third-order valence-corrected chi connectivity index (χ3v) is 2.76. The van der Waals surface area contributed by atoms with Crippen molar-refractivity contribution >= 4 is 11.6 Å². The van der Waals surface area contributed by atoms with Crippen LogP contribution in [-0.4, -0.2) is 25.2 Å². The zero-order valence-electron chi connectivity index (χ0n) is 11.2. The maximum Gasteiger partial charge on any atom is 0.255 e. The highest BCUT2D eigenvalue weighted by Crippen LogP contribution is 2.29. The first-order chi connectivity index (χ1) is 9.63. The van der Waals surface area contributed by atoms with Crippen LogP contribution in [0.1, 0.15) is 10.4 Å². The van der Waals surface area contributed by atoms with Crippen LogP contribution in [0.5, 0.6) is 17.2 Å². The number of carbonyl (C=O) groups excluding carboxylic acids is 1. The Balaban J connectivity index is 2.27. The van der Waals surface area contributed by atoms with Gasteiger partial charge < -0.3 is 19.9 Å². The molecule has 104 valence electrons. The summed E-state index contributed by atoms with van der Waals surface area (Å²) in [6.45, 7) is 0. The number of phenolic OH excluding ortho intramolecular Hbond substituents is 1. The fourth-order valence-corrected chi connectivity index (χ4v) is 1.75. The first-order valence-corrected chi connectivity index (χ1v) is 5.96. The van der Waals surface area contributed by atoms with E-state index >= 15 is 0 Å². The van der Waals surface area contributed by atoms with Gasteiger partial charge in [0.15, 0.2) is 0 Å². The van der Waals surface area contributed by atoms with Crippen molar-refractivity contribution in [1.82, 2.24) is 0 Å². The van der Waals surface area contributed by atoms with E-state index in [0.29, 0.717) is 22.7 Å². The van der Waals surface area contributed by atoms with E-state index in [9.17, 15) is 9.90 Å². The summed E-state index contributed by atoms with van der Waals surface area (Å²) in [5.41, 5.74) is 0.857. The molecule has 0 heterocycles. The molecule has 0 aliphatic carbocycles. The van der Waals surface area contributed by atoms with Crippen LogP contribution in [0.2, 0.25) is 0 Å². The van der Waals surface area contributed by atoms with Crippen LogP contribution in [0, 0.1) is 0 Å². The van der Waals surface area contributed by atoms with Gasteiger partial charge in [-0.05, 0) is 30.3 Å². The summed E-state index contributed by atoms with van der Waals surface area (Å²) >= 11 is 0. The topological polar surface area (TPSA) is 67.8 Å². The minimum atomic E-state index is -0.340. The Morgan fingerprint density at radius 1 is 1.10 bits per heavy atom. The maximum atomic E-state index is 12.1. The molecule has 5 nitrogen and oxygen atoms in total. The van der Waals surface area contributed by atoms with Crippen LogP contribution in [-0.2, 0) is 0 Å². The Hall–Kier alpha value is -2.69. The zero-order chi connectivity index (χ0) is 14.5. The molecule has 0 bridgehead atoms. The summed E-state index contributed by atoms with van der Waals surface area (Å²) in [5.74, 6) is 0.832. The van der Waals surface area contributed by atoms with E-state index in [1.54, 1.807) is 37.4 Å². The molecule has 1 amide bonds. The largest absolute Gasteiger partial charge is 0.508 e. The number of hydrogen-bond acceptors (Lipinski definition) is 4. The van der Waals surface area contributed by atoms with E-state index in [0.717, 1.165) is 0 Å². The molecule has 0 unspecified atom stereocenters. The fraction of sp³-hybridized carbons (Fsp3) is 0.133. The minimum Gasteiger partial charge on any atom is -0.508 e. The standard InChI is InChI=1S/C15H15NO4/c1-19-12-6-7-14(20-2)13(9-12)16-15(18)10-4-3-5-11(17)8-10/h3-9,17H,1-2H3,(H,16,18). The van der Waals surface area contributed by atoms with Crippen LogP contribution in [0.15, 0.2) is 42.5 Å². The molecular weight excluding hydrogens is 258 g/mol. The van der Waals surface area contributed by atoms with Crippen molar-refractivity contribution in [3.05, 3.63) is 48.0 Å². The van der Waals surface area contributed by atoms with Crippen molar-refractivity contribution in [1.29, 1.82) is 0 Å². The summed E-state index contributed by atoms with van der Waals surface area (Å²) in [6, 6.07) is 11.2. The monoisotopic (exact) mass is 273 g/mol. The van der Waals surface area contributed by atoms with Gasteiger partial charge in [0.1, 0.15) is 17.2 Å². The van der Waals surface area contributed by atoms with Crippen molar-refractivity contribution < 1.29 is 19.4 Å². The van der Waals surface area contributed by atoms with Gasteiger partial charge in [0.2, 0.25) is 0 Å². The average Bonchev–Trinajstić information content (AvgIpc) is 2.47. The SMILES string of the molecule is COc1ccc(OC)c(NC(=O)c2cccc(O)c2)c1. The lowest BCUT2D eigenvalue weighted by Gasteiger charge is -2.11. The Morgan fingerprint density at radius 3 is 2.55 bits per heavy atom. The van der Waals surface area contributed by atoms with Crippen LogP contribution < -0.4 is 14.8 Å². The normalized spacial score (nSPS) is 9.90. The van der Waals surface area contributed by atoms with E-state index in [1.807, 2.05) is 0 Å². The molecule has 0 fully saturated rings. The van der Waals surface area contributed by atoms with Crippen LogP contribution in [0.4, 0.5) is 5.69 Å². The number of ether oxygens (including phenoxy) is 2. The molecule has 2 N–H and O–H groups in total. The molecule has 2 aromatic rings. The van der Waals surface area contributed by atoms with Crippen molar-refractivity contribution in [3.63, 3.8) is 0 Å². The summed E-state index contributed by atoms with van der Waals surface area (Å²) in [5, 5.41) is 12.1. The number of rotatable bonds is 4. The molecule has 2 aromatic carbocycles. The zero-order valence-corrected chi connectivity index (χ0v) is 11.2. The van der Waals surface area contributed by atoms with Crippen LogP contribution in [0.25, 0.3) is 0 Å². The van der Waals surface area contributed by atoms with Gasteiger partial charge in [-0.1, -0.05) is 6.07 Å². The van der Waals surface area contributed by atoms with E-state index in [1.165, 1.54) is 19.2 Å². The lowest BCUT2D eigenvalue weighted by Crippen LogP contribution is -2.12. The number of methoxy groups -OCH3 is 2. The molecule has 20 heavy (non-hydrogen) atoms. The predicted molar refractivity (Wildman–Crippen MR) is 75.6 cm³/mol. The van der Waals surface area contributed by atoms with Gasteiger partial charge in [-0.25, -0.2) is 0 Å². The van der Waals surface area contributed by atoms with Gasteiger partial charge in [0.05, 0.1) is 19.9 Å². The minimum absolute atomic E-state index is 0.0373. The summed E-state index contributed by atoms with van der Waals surface area (Å²) < 4.78 is 10.3. The molecule has 0 saturated heterocycles. The van der Waals surface area contributed by atoms with E-state index in [2.05, 4.69) is 5.32 Å². The third-order valence-electron chi connectivity index (χ3n) is 2.76. The van der Waals surface area contributed by atoms with Crippen molar-refractivity contribution in [2.45, 2.75) is 0 Å². The highest BCUT2D eigenvalue weighted by molar-refractivity contribution is 6.05. The van der Waals surface area contributed by atoms with Gasteiger partial charge in [-0.3, -0.25) is 4.79 Å². The highest BCUT2D eigenvalue weighted by atomic mass is 16.5. The van der Waals surface area contributed by atoms with Gasteiger partial charge in [-0.2, -0.15) is 0 Å². The van der Waals surface area contributed by atoms with E-state index < -0.39 is 0 Å². The number of phenols is 1. The van der Waals surface area contributed by atoms with E-state index in [-0.39, 0.29) is 11.7 Å². The number of nitrogens with one attached hydrogen (secondary N) is 1. The molecular formula is C15H15NO4. The maximum absolute atomic E-state index is 12.1. The molecule has 0 radical (unpaired) electrons. The Bertz CT molecular complexity index is 625. The first-order valence-electron chi connectivity index (χ1n) is 5.96. The number of aromatic hydroxyl groups is 1. The molecule has 5 heteroatoms. The fourth-order valence-electron chi connectivity index (χ4n) is 1.75. The van der Waals surface area contributed by atoms with Crippen LogP contribution >= 0.6 is 0 Å². The number of benzene rings is 2. The van der Waals surface area contributed by atoms with Crippen molar-refractivity contribution in [2.24, 2.45) is 0 Å². The molecule has 0 aliphatic rings. The molecule has 0 saturated carbocycles. The Morgan fingerprint density at radius 2 is 1.90 bits per heavy atom. The lowest BCUT2D eigenvalue weighted by molar-refractivity contribution is 0.102. The second-order valence-electron chi connectivity index (χ2n) is 4.07. The molecule has 2 rings (SSSR count). The third kappa shape index (κ3) is 3.00. The Kier molecular flexibility index (Phi) is 4.10. The summed E-state index contributed by atoms with van der Waals surface area (Å²) in [4.78, 5) is 12.1. The van der Waals surface area contributed by atoms with E-state index in [4.69, 9.17) is 9.47 Å². The number of carbonyl (C=O) groups is 1. The number of hydrogen-bond donors (Lipinski definition) is 2. The molecule has 0 atom stereocenters. The van der Waals surface area contributed by atoms with Gasteiger partial charge >= 0.3 is 0 Å². The molecule has 0 aliphatic heterocycles. The second-order valence-corrected chi connectivity index (χ2v) is 4.07. The van der Waals surface area contributed by atoms with Crippen molar-refractivity contribution in [3.8, 4) is 17.2 Å². The molecule has 0 spiro atoms.